The van der Waals surface area contributed by atoms with Crippen LogP contribution in [0.3, 0.4) is 0 Å². The van der Waals surface area contributed by atoms with E-state index in [1.807, 2.05) is 0 Å². The first-order valence-corrected chi connectivity index (χ1v) is 6.55. The van der Waals surface area contributed by atoms with E-state index in [0.717, 1.165) is 0 Å². The molecule has 0 rings (SSSR count). The normalized spacial score (nSPS) is 10.5. The number of hydrogen-bond donors (Lipinski definition) is 3. The Morgan fingerprint density at radius 1 is 0.600 bits per heavy atom. The van der Waals surface area contributed by atoms with Crippen molar-refractivity contribution in [3.05, 3.63) is 0 Å². The van der Waals surface area contributed by atoms with Crippen LogP contribution in [0.25, 0.3) is 0 Å². The molecular formula is H3FeKO15S3. The smallest absolute Gasteiger partial charge is 0.724 e. The summed E-state index contributed by atoms with van der Waals surface area (Å²) in [6.07, 6.45) is 0. The van der Waals surface area contributed by atoms with Gasteiger partial charge in [-0.3, -0.25) is 0 Å². The van der Waals surface area contributed by atoms with E-state index in [1.54, 1.807) is 0 Å². The van der Waals surface area contributed by atoms with Gasteiger partial charge in [-0.15, -0.1) is 13.0 Å². The van der Waals surface area contributed by atoms with Crippen molar-refractivity contribution >= 4 is 31.2 Å². The summed E-state index contributed by atoms with van der Waals surface area (Å²) in [5.41, 5.74) is 0. The van der Waals surface area contributed by atoms with Crippen LogP contribution in [0.2, 0.25) is 0 Å². The minimum Gasteiger partial charge on any atom is -0.724 e. The van der Waals surface area contributed by atoms with Gasteiger partial charge in [0.25, 0.3) is 0 Å². The van der Waals surface area contributed by atoms with Crippen molar-refractivity contribution in [3.8, 4) is 0 Å². The fraction of sp³-hybridized carbons (Fsp3) is 0. The predicted octanol–water partition coefficient (Wildman–Crippen LogP) is -6.19. The molecule has 0 spiro atoms. The maximum Gasteiger partial charge on any atom is 2.00 e. The van der Waals surface area contributed by atoms with Crippen LogP contribution in [0.15, 0.2) is 0 Å². The summed E-state index contributed by atoms with van der Waals surface area (Å²) in [6, 6.07) is 0. The molecule has 20 heavy (non-hydrogen) atoms. The summed E-state index contributed by atoms with van der Waals surface area (Å²) in [6.45, 7) is 0. The quantitative estimate of drug-likeness (QED) is 0.123. The second kappa shape index (κ2) is 15.5. The summed E-state index contributed by atoms with van der Waals surface area (Å²) >= 11 is 0. The Kier molecular flexibility index (Phi) is 25.9. The van der Waals surface area contributed by atoms with Crippen LogP contribution in [0.5, 0.6) is 0 Å². The molecule has 20 heteroatoms. The van der Waals surface area contributed by atoms with Gasteiger partial charge in [0.2, 0.25) is 31.2 Å². The van der Waals surface area contributed by atoms with Crippen molar-refractivity contribution in [1.29, 1.82) is 0 Å². The predicted molar refractivity (Wildman–Crippen MR) is 40.2 cm³/mol. The van der Waals surface area contributed by atoms with Crippen molar-refractivity contribution in [2.45, 2.75) is 0 Å². The molecule has 0 aromatic rings. The first kappa shape index (κ1) is 33.3. The van der Waals surface area contributed by atoms with Crippen LogP contribution in [-0.2, 0) is 61.3 Å². The Balaban J connectivity index is -0.0000000536. The summed E-state index contributed by atoms with van der Waals surface area (Å²) in [7, 11) is -14.6. The van der Waals surface area contributed by atoms with Crippen molar-refractivity contribution in [2.75, 3.05) is 0 Å². The molecule has 0 saturated heterocycles. The Morgan fingerprint density at radius 2 is 0.650 bits per heavy atom. The summed E-state index contributed by atoms with van der Waals surface area (Å²) in [5, 5.41) is 21.0. The van der Waals surface area contributed by atoms with E-state index in [4.69, 9.17) is 54.7 Å². The molecule has 0 aliphatic rings. The molecule has 0 unspecified atom stereocenters. The first-order chi connectivity index (χ1) is 7.68. The van der Waals surface area contributed by atoms with E-state index in [1.165, 1.54) is 0 Å². The molecule has 0 bridgehead atoms. The summed E-state index contributed by atoms with van der Waals surface area (Å²) in [5.74, 6) is 0. The second-order valence-corrected chi connectivity index (χ2v) is 4.35. The van der Waals surface area contributed by atoms with E-state index in [0.29, 0.717) is 0 Å². The van der Waals surface area contributed by atoms with Crippen LogP contribution < -0.4 is 51.4 Å². The zero-order valence-corrected chi connectivity index (χ0v) is 15.5. The molecule has 3 N–H and O–H groups in total. The average Bonchev–Trinajstić information content (AvgIpc) is 2.16. The molecule has 0 atom stereocenters. The fourth-order valence-electron chi connectivity index (χ4n) is 0. The Bertz CT molecular complexity index is 405. The summed E-state index contributed by atoms with van der Waals surface area (Å²) in [4.78, 5) is 0. The third-order valence-electron chi connectivity index (χ3n) is 0.274. The van der Waals surface area contributed by atoms with Gasteiger partial charge in [-0.1, -0.05) is 0 Å². The topological polar surface area (TPSA) is 260 Å². The standard InChI is InChI=1S/Fe.K.3H2O5S/c;;3*1-5-6(2,3)4/h;;3*1H,(H,2,3,4)/q+2;+1;;;/p-3. The van der Waals surface area contributed by atoms with E-state index in [-0.39, 0.29) is 68.5 Å². The largest absolute Gasteiger partial charge is 2.00 e. The minimum atomic E-state index is -4.86. The Morgan fingerprint density at radius 3 is 0.650 bits per heavy atom. The van der Waals surface area contributed by atoms with E-state index < -0.39 is 31.2 Å². The van der Waals surface area contributed by atoms with E-state index in [2.05, 4.69) is 13.0 Å². The molecule has 0 radical (unpaired) electrons. The Hall–Kier alpha value is 1.65. The van der Waals surface area contributed by atoms with Gasteiger partial charge >= 0.3 is 68.5 Å². The van der Waals surface area contributed by atoms with Crippen LogP contribution in [0, 0.1) is 0 Å². The molecule has 0 fully saturated rings. The summed E-state index contributed by atoms with van der Waals surface area (Å²) < 4.78 is 87.8. The van der Waals surface area contributed by atoms with Gasteiger partial charge in [0, 0.05) is 0 Å². The number of rotatable bonds is 3. The first-order valence-electron chi connectivity index (χ1n) is 2.55. The van der Waals surface area contributed by atoms with E-state index in [9.17, 15) is 0 Å². The maximum atomic E-state index is 8.97. The number of hydrogen-bond acceptors (Lipinski definition) is 15. The molecular weight excluding hydrogens is 431 g/mol. The molecule has 0 aliphatic carbocycles. The van der Waals surface area contributed by atoms with Crippen molar-refractivity contribution in [3.63, 3.8) is 0 Å². The monoisotopic (exact) mass is 434 g/mol. The van der Waals surface area contributed by atoms with Crippen LogP contribution >= 0.6 is 0 Å². The zero-order chi connectivity index (χ0) is 15.6. The molecule has 0 saturated carbocycles. The molecule has 0 aromatic heterocycles. The SMILES string of the molecule is O=S(=O)([O-])OO.O=S(=O)([O-])OO.O=S(=O)([O-])OO.[Fe+2].[K+]. The van der Waals surface area contributed by atoms with Gasteiger partial charge in [-0.2, -0.15) is 0 Å². The third kappa shape index (κ3) is 60.3. The Labute approximate surface area is 165 Å². The van der Waals surface area contributed by atoms with Crippen LogP contribution in [0.4, 0.5) is 0 Å². The van der Waals surface area contributed by atoms with Gasteiger partial charge in [-0.25, -0.2) is 41.0 Å². The molecule has 120 valence electrons. The second-order valence-electron chi connectivity index (χ2n) is 1.45. The maximum absolute atomic E-state index is 8.97. The minimum absolute atomic E-state index is 0. The van der Waals surface area contributed by atoms with Gasteiger partial charge in [0.15, 0.2) is 0 Å². The van der Waals surface area contributed by atoms with Crippen molar-refractivity contribution < 1.29 is 136 Å². The third-order valence-corrected chi connectivity index (χ3v) is 0.822. The van der Waals surface area contributed by atoms with Gasteiger partial charge < -0.3 is 13.7 Å². The average molecular weight is 434 g/mol. The van der Waals surface area contributed by atoms with Crippen LogP contribution in [0.1, 0.15) is 0 Å². The molecule has 0 heterocycles. The van der Waals surface area contributed by atoms with Gasteiger partial charge in [0.05, 0.1) is 0 Å². The van der Waals surface area contributed by atoms with E-state index >= 15 is 0 Å². The molecule has 0 amide bonds. The van der Waals surface area contributed by atoms with Crippen molar-refractivity contribution in [2.24, 2.45) is 0 Å². The van der Waals surface area contributed by atoms with Crippen LogP contribution in [-0.4, -0.2) is 54.7 Å². The van der Waals surface area contributed by atoms with Crippen molar-refractivity contribution in [1.82, 2.24) is 0 Å². The van der Waals surface area contributed by atoms with Gasteiger partial charge in [0.1, 0.15) is 0 Å². The zero-order valence-electron chi connectivity index (χ0n) is 8.82. The molecule has 15 nitrogen and oxygen atoms in total. The van der Waals surface area contributed by atoms with Gasteiger partial charge in [-0.05, 0) is 0 Å². The fourth-order valence-corrected chi connectivity index (χ4v) is 0. The molecule has 0 aliphatic heterocycles. The molecule has 0 aromatic carbocycles.